The molecule has 102 valence electrons. The van der Waals surface area contributed by atoms with Gasteiger partial charge in [-0.25, -0.2) is 0 Å². The molecule has 0 aliphatic carbocycles. The Morgan fingerprint density at radius 2 is 1.79 bits per heavy atom. The van der Waals surface area contributed by atoms with Gasteiger partial charge in [0.1, 0.15) is 0 Å². The van der Waals surface area contributed by atoms with Crippen molar-refractivity contribution in [1.82, 2.24) is 4.90 Å². The Balaban J connectivity index is 1.65. The number of rotatable bonds is 2. The van der Waals surface area contributed by atoms with Crippen LogP contribution in [0, 0.1) is 0 Å². The maximum atomic E-state index is 12.3. The van der Waals surface area contributed by atoms with Gasteiger partial charge in [-0.2, -0.15) is 0 Å². The van der Waals surface area contributed by atoms with Crippen LogP contribution in [0.3, 0.4) is 0 Å². The second-order valence-corrected chi connectivity index (χ2v) is 5.16. The summed E-state index contributed by atoms with van der Waals surface area (Å²) in [6.45, 7) is 2.09. The van der Waals surface area contributed by atoms with Crippen LogP contribution in [0.4, 0.5) is 0 Å². The Kier molecular flexibility index (Phi) is 3.58. The number of hydrogen-bond donors (Lipinski definition) is 0. The molecule has 1 fully saturated rings. The second-order valence-electron chi connectivity index (χ2n) is 5.16. The van der Waals surface area contributed by atoms with Crippen LogP contribution in [0.2, 0.25) is 0 Å². The zero-order chi connectivity index (χ0) is 13.1. The first-order chi connectivity index (χ1) is 9.33. The quantitative estimate of drug-likeness (QED) is 0.820. The first kappa shape index (κ1) is 12.3. The third-order valence-electron chi connectivity index (χ3n) is 3.75. The van der Waals surface area contributed by atoms with Crippen molar-refractivity contribution in [3.63, 3.8) is 0 Å². The van der Waals surface area contributed by atoms with E-state index < -0.39 is 0 Å². The summed E-state index contributed by atoms with van der Waals surface area (Å²) >= 11 is 0. The Bertz CT molecular complexity index is 464. The van der Waals surface area contributed by atoms with Crippen LogP contribution in [0.25, 0.3) is 0 Å². The van der Waals surface area contributed by atoms with Gasteiger partial charge in [0.2, 0.25) is 12.7 Å². The van der Waals surface area contributed by atoms with E-state index in [1.54, 1.807) is 0 Å². The van der Waals surface area contributed by atoms with Crippen molar-refractivity contribution in [3.8, 4) is 11.5 Å². The number of ether oxygens (including phenoxy) is 2. The normalized spacial score (nSPS) is 18.2. The number of hydrogen-bond acceptors (Lipinski definition) is 3. The zero-order valence-electron chi connectivity index (χ0n) is 11.1. The van der Waals surface area contributed by atoms with Crippen LogP contribution < -0.4 is 9.47 Å². The molecular weight excluding hydrogens is 242 g/mol. The summed E-state index contributed by atoms with van der Waals surface area (Å²) in [7, 11) is 0. The molecule has 1 amide bonds. The van der Waals surface area contributed by atoms with Crippen molar-refractivity contribution in [3.05, 3.63) is 23.8 Å². The molecule has 0 bridgehead atoms. The van der Waals surface area contributed by atoms with Gasteiger partial charge in [0.25, 0.3) is 0 Å². The fourth-order valence-electron chi connectivity index (χ4n) is 2.66. The van der Waals surface area contributed by atoms with Gasteiger partial charge in [-0.15, -0.1) is 0 Å². The van der Waals surface area contributed by atoms with Gasteiger partial charge in [-0.05, 0) is 30.5 Å². The van der Waals surface area contributed by atoms with Crippen LogP contribution >= 0.6 is 0 Å². The molecule has 1 aromatic carbocycles. The highest BCUT2D eigenvalue weighted by Crippen LogP contribution is 2.32. The summed E-state index contributed by atoms with van der Waals surface area (Å²) in [5, 5.41) is 0. The van der Waals surface area contributed by atoms with E-state index in [-0.39, 0.29) is 12.7 Å². The Morgan fingerprint density at radius 1 is 1.05 bits per heavy atom. The van der Waals surface area contributed by atoms with Crippen LogP contribution in [0.15, 0.2) is 18.2 Å². The Morgan fingerprint density at radius 3 is 2.58 bits per heavy atom. The maximum absolute atomic E-state index is 12.3. The predicted octanol–water partition coefficient (Wildman–Crippen LogP) is 2.36. The average molecular weight is 261 g/mol. The van der Waals surface area contributed by atoms with Crippen molar-refractivity contribution in [2.75, 3.05) is 19.9 Å². The zero-order valence-corrected chi connectivity index (χ0v) is 11.1. The lowest BCUT2D eigenvalue weighted by Gasteiger charge is -2.20. The number of fused-ring (bicyclic) bond motifs is 1. The summed E-state index contributed by atoms with van der Waals surface area (Å²) in [4.78, 5) is 14.3. The average Bonchev–Trinajstić information content (AvgIpc) is 2.71. The maximum Gasteiger partial charge on any atom is 0.231 e. The van der Waals surface area contributed by atoms with Gasteiger partial charge < -0.3 is 14.4 Å². The standard InChI is InChI=1S/C15H19NO3/c17-15(16-7-3-1-2-4-8-16)10-12-5-6-13-14(9-12)19-11-18-13/h5-6,9H,1-4,7-8,10-11H2. The van der Waals surface area contributed by atoms with E-state index >= 15 is 0 Å². The molecule has 1 aromatic rings. The Hall–Kier alpha value is -1.71. The van der Waals surface area contributed by atoms with Gasteiger partial charge in [0.05, 0.1) is 6.42 Å². The smallest absolute Gasteiger partial charge is 0.231 e. The molecule has 3 rings (SSSR count). The molecule has 2 aliphatic heterocycles. The molecule has 4 nitrogen and oxygen atoms in total. The minimum absolute atomic E-state index is 0.223. The number of nitrogens with zero attached hydrogens (tertiary/aromatic N) is 1. The predicted molar refractivity (Wildman–Crippen MR) is 71.3 cm³/mol. The number of amides is 1. The highest BCUT2D eigenvalue weighted by atomic mass is 16.7. The Labute approximate surface area is 113 Å². The summed E-state index contributed by atoms with van der Waals surface area (Å²) in [6.07, 6.45) is 5.21. The molecule has 0 aromatic heterocycles. The van der Waals surface area contributed by atoms with Crippen molar-refractivity contribution < 1.29 is 14.3 Å². The van der Waals surface area contributed by atoms with E-state index in [0.717, 1.165) is 43.0 Å². The van der Waals surface area contributed by atoms with Gasteiger partial charge >= 0.3 is 0 Å². The lowest BCUT2D eigenvalue weighted by Crippen LogP contribution is -2.33. The van der Waals surface area contributed by atoms with Crippen molar-refractivity contribution >= 4 is 5.91 Å². The van der Waals surface area contributed by atoms with Crippen LogP contribution in [0.5, 0.6) is 11.5 Å². The van der Waals surface area contributed by atoms with Gasteiger partial charge in [0, 0.05) is 13.1 Å². The number of carbonyl (C=O) groups is 1. The van der Waals surface area contributed by atoms with Gasteiger partial charge in [-0.3, -0.25) is 4.79 Å². The molecule has 0 radical (unpaired) electrons. The molecule has 2 heterocycles. The molecule has 0 unspecified atom stereocenters. The van der Waals surface area contributed by atoms with Gasteiger partial charge in [0.15, 0.2) is 11.5 Å². The number of carbonyl (C=O) groups excluding carboxylic acids is 1. The summed E-state index contributed by atoms with van der Waals surface area (Å²) in [5.74, 6) is 1.74. The topological polar surface area (TPSA) is 38.8 Å². The number of benzene rings is 1. The highest BCUT2D eigenvalue weighted by molar-refractivity contribution is 5.79. The van der Waals surface area contributed by atoms with Crippen LogP contribution in [0.1, 0.15) is 31.2 Å². The minimum atomic E-state index is 0.223. The van der Waals surface area contributed by atoms with Crippen molar-refractivity contribution in [1.29, 1.82) is 0 Å². The fraction of sp³-hybridized carbons (Fsp3) is 0.533. The molecule has 0 saturated carbocycles. The summed E-state index contributed by atoms with van der Waals surface area (Å²) < 4.78 is 10.6. The molecule has 0 spiro atoms. The largest absolute Gasteiger partial charge is 0.454 e. The fourth-order valence-corrected chi connectivity index (χ4v) is 2.66. The van der Waals surface area contributed by atoms with Crippen molar-refractivity contribution in [2.45, 2.75) is 32.1 Å². The molecular formula is C15H19NO3. The van der Waals surface area contributed by atoms with E-state index in [2.05, 4.69) is 0 Å². The third-order valence-corrected chi connectivity index (χ3v) is 3.75. The molecule has 4 heteroatoms. The number of likely N-dealkylation sites (tertiary alicyclic amines) is 1. The summed E-state index contributed by atoms with van der Waals surface area (Å²) in [5.41, 5.74) is 0.999. The molecule has 1 saturated heterocycles. The van der Waals surface area contributed by atoms with Gasteiger partial charge in [-0.1, -0.05) is 18.9 Å². The highest BCUT2D eigenvalue weighted by Gasteiger charge is 2.18. The van der Waals surface area contributed by atoms with E-state index in [1.807, 2.05) is 23.1 Å². The molecule has 0 N–H and O–H groups in total. The molecule has 19 heavy (non-hydrogen) atoms. The van der Waals surface area contributed by atoms with Crippen LogP contribution in [-0.4, -0.2) is 30.7 Å². The summed E-state index contributed by atoms with van der Waals surface area (Å²) in [6, 6.07) is 5.74. The lowest BCUT2D eigenvalue weighted by molar-refractivity contribution is -0.130. The second kappa shape index (κ2) is 5.51. The first-order valence-electron chi connectivity index (χ1n) is 6.99. The first-order valence-corrected chi connectivity index (χ1v) is 6.99. The van der Waals surface area contributed by atoms with E-state index in [0.29, 0.717) is 6.42 Å². The van der Waals surface area contributed by atoms with E-state index in [4.69, 9.17) is 9.47 Å². The lowest BCUT2D eigenvalue weighted by atomic mass is 10.1. The van der Waals surface area contributed by atoms with Crippen LogP contribution in [-0.2, 0) is 11.2 Å². The van der Waals surface area contributed by atoms with E-state index in [1.165, 1.54) is 12.8 Å². The SMILES string of the molecule is O=C(Cc1ccc2c(c1)OCO2)N1CCCCCC1. The third kappa shape index (κ3) is 2.83. The monoisotopic (exact) mass is 261 g/mol. The minimum Gasteiger partial charge on any atom is -0.454 e. The molecule has 0 atom stereocenters. The van der Waals surface area contributed by atoms with Crippen molar-refractivity contribution in [2.24, 2.45) is 0 Å². The molecule has 2 aliphatic rings. The van der Waals surface area contributed by atoms with E-state index in [9.17, 15) is 4.79 Å².